The van der Waals surface area contributed by atoms with E-state index in [-0.39, 0.29) is 5.97 Å². The topological polar surface area (TPSA) is 47.9 Å². The first-order valence-corrected chi connectivity index (χ1v) is 6.96. The number of esters is 1. The normalized spacial score (nSPS) is 12.3. The number of nitrogens with zero attached hydrogens (tertiary/aromatic N) is 1. The van der Waals surface area contributed by atoms with Crippen LogP contribution in [-0.2, 0) is 9.53 Å². The Labute approximate surface area is 121 Å². The van der Waals surface area contributed by atoms with E-state index in [9.17, 15) is 4.79 Å². The van der Waals surface area contributed by atoms with Crippen molar-refractivity contribution in [2.24, 2.45) is 4.99 Å². The quantitative estimate of drug-likeness (QED) is 0.622. The van der Waals surface area contributed by atoms with Gasteiger partial charge >= 0.3 is 5.97 Å². The van der Waals surface area contributed by atoms with E-state index in [4.69, 9.17) is 9.47 Å². The SMILES string of the molecule is COc1ccc(N=CC(OC(C)=O)c2cccs2)cc1. The largest absolute Gasteiger partial charge is 0.497 e. The van der Waals surface area contributed by atoms with Crippen LogP contribution < -0.4 is 4.74 Å². The molecule has 0 spiro atoms. The van der Waals surface area contributed by atoms with Crippen LogP contribution in [0.25, 0.3) is 0 Å². The molecule has 1 aromatic carbocycles. The van der Waals surface area contributed by atoms with Crippen LogP contribution in [-0.4, -0.2) is 19.3 Å². The summed E-state index contributed by atoms with van der Waals surface area (Å²) in [6.45, 7) is 1.39. The highest BCUT2D eigenvalue weighted by atomic mass is 32.1. The summed E-state index contributed by atoms with van der Waals surface area (Å²) in [4.78, 5) is 16.4. The highest BCUT2D eigenvalue weighted by Gasteiger charge is 2.13. The van der Waals surface area contributed by atoms with Crippen LogP contribution in [0.2, 0.25) is 0 Å². The van der Waals surface area contributed by atoms with Gasteiger partial charge in [0.15, 0.2) is 6.10 Å². The highest BCUT2D eigenvalue weighted by Crippen LogP contribution is 2.23. The van der Waals surface area contributed by atoms with Crippen LogP contribution in [0.4, 0.5) is 5.69 Å². The van der Waals surface area contributed by atoms with Gasteiger partial charge in [0.05, 0.1) is 23.9 Å². The predicted molar refractivity (Wildman–Crippen MR) is 80.0 cm³/mol. The number of rotatable bonds is 5. The second kappa shape index (κ2) is 6.86. The van der Waals surface area contributed by atoms with Gasteiger partial charge in [-0.05, 0) is 35.7 Å². The summed E-state index contributed by atoms with van der Waals surface area (Å²) in [5.41, 5.74) is 0.777. The van der Waals surface area contributed by atoms with Gasteiger partial charge < -0.3 is 9.47 Å². The van der Waals surface area contributed by atoms with Gasteiger partial charge in [0, 0.05) is 6.92 Å². The van der Waals surface area contributed by atoms with Crippen molar-refractivity contribution in [2.75, 3.05) is 7.11 Å². The van der Waals surface area contributed by atoms with Crippen molar-refractivity contribution in [2.45, 2.75) is 13.0 Å². The molecule has 1 unspecified atom stereocenters. The number of methoxy groups -OCH3 is 1. The summed E-state index contributed by atoms with van der Waals surface area (Å²) in [6, 6.07) is 11.2. The van der Waals surface area contributed by atoms with E-state index in [0.29, 0.717) is 0 Å². The standard InChI is InChI=1S/C15H15NO3S/c1-11(17)19-14(15-4-3-9-20-15)10-16-12-5-7-13(18-2)8-6-12/h3-10,14H,1-2H3. The van der Waals surface area contributed by atoms with E-state index in [2.05, 4.69) is 4.99 Å². The van der Waals surface area contributed by atoms with Crippen LogP contribution >= 0.6 is 11.3 Å². The molecule has 0 N–H and O–H groups in total. The fourth-order valence-corrected chi connectivity index (χ4v) is 2.33. The Bertz CT molecular complexity index is 576. The van der Waals surface area contributed by atoms with Crippen LogP contribution in [0.15, 0.2) is 46.8 Å². The van der Waals surface area contributed by atoms with Gasteiger partial charge in [0.1, 0.15) is 5.75 Å². The van der Waals surface area contributed by atoms with Gasteiger partial charge in [-0.2, -0.15) is 0 Å². The molecule has 1 atom stereocenters. The molecule has 0 fully saturated rings. The summed E-state index contributed by atoms with van der Waals surface area (Å²) in [6.07, 6.45) is 1.18. The van der Waals surface area contributed by atoms with Gasteiger partial charge in [-0.15, -0.1) is 11.3 Å². The Morgan fingerprint density at radius 1 is 1.30 bits per heavy atom. The number of carbonyl (C=O) groups is 1. The lowest BCUT2D eigenvalue weighted by Crippen LogP contribution is -2.08. The molecule has 0 aliphatic heterocycles. The second-order valence-corrected chi connectivity index (χ2v) is 5.00. The van der Waals surface area contributed by atoms with Crippen LogP contribution in [0.1, 0.15) is 17.9 Å². The molecule has 0 bridgehead atoms. The molecule has 2 rings (SSSR count). The van der Waals surface area contributed by atoms with Crippen molar-refractivity contribution in [1.82, 2.24) is 0 Å². The van der Waals surface area contributed by atoms with Gasteiger partial charge in [-0.25, -0.2) is 0 Å². The molecular weight excluding hydrogens is 274 g/mol. The first-order chi connectivity index (χ1) is 9.69. The van der Waals surface area contributed by atoms with Crippen molar-refractivity contribution in [3.63, 3.8) is 0 Å². The van der Waals surface area contributed by atoms with E-state index in [1.54, 1.807) is 13.3 Å². The maximum absolute atomic E-state index is 11.1. The van der Waals surface area contributed by atoms with Gasteiger partial charge in [0.2, 0.25) is 0 Å². The predicted octanol–water partition coefficient (Wildman–Crippen LogP) is 3.76. The fourth-order valence-electron chi connectivity index (χ4n) is 1.62. The molecular formula is C15H15NO3S. The molecule has 0 aliphatic rings. The zero-order valence-corrected chi connectivity index (χ0v) is 12.1. The maximum Gasteiger partial charge on any atom is 0.303 e. The van der Waals surface area contributed by atoms with E-state index in [1.165, 1.54) is 18.3 Å². The number of hydrogen-bond acceptors (Lipinski definition) is 5. The third-order valence-electron chi connectivity index (χ3n) is 2.55. The third-order valence-corrected chi connectivity index (χ3v) is 3.48. The summed E-state index contributed by atoms with van der Waals surface area (Å²) >= 11 is 1.53. The van der Waals surface area contributed by atoms with Crippen molar-refractivity contribution in [3.05, 3.63) is 46.7 Å². The minimum atomic E-state index is -0.449. The average Bonchev–Trinajstić information content (AvgIpc) is 2.97. The minimum Gasteiger partial charge on any atom is -0.497 e. The lowest BCUT2D eigenvalue weighted by Gasteiger charge is -2.10. The summed E-state index contributed by atoms with van der Waals surface area (Å²) in [5, 5.41) is 1.94. The van der Waals surface area contributed by atoms with E-state index >= 15 is 0 Å². The second-order valence-electron chi connectivity index (χ2n) is 4.02. The molecule has 0 aliphatic carbocycles. The van der Waals surface area contributed by atoms with Crippen LogP contribution in [0.5, 0.6) is 5.75 Å². The van der Waals surface area contributed by atoms with Gasteiger partial charge in [-0.3, -0.25) is 9.79 Å². The van der Waals surface area contributed by atoms with Crippen LogP contribution in [0.3, 0.4) is 0 Å². The number of thiophene rings is 1. The highest BCUT2D eigenvalue weighted by molar-refractivity contribution is 7.10. The monoisotopic (exact) mass is 289 g/mol. The lowest BCUT2D eigenvalue weighted by molar-refractivity contribution is -0.143. The Morgan fingerprint density at radius 2 is 2.05 bits per heavy atom. The number of hydrogen-bond donors (Lipinski definition) is 0. The Kier molecular flexibility index (Phi) is 4.90. The van der Waals surface area contributed by atoms with Crippen LogP contribution in [0, 0.1) is 0 Å². The first-order valence-electron chi connectivity index (χ1n) is 6.08. The molecule has 5 heteroatoms. The minimum absolute atomic E-state index is 0.329. The van der Waals surface area contributed by atoms with Crippen molar-refractivity contribution < 1.29 is 14.3 Å². The third kappa shape index (κ3) is 3.93. The average molecular weight is 289 g/mol. The van der Waals surface area contributed by atoms with Crippen molar-refractivity contribution in [3.8, 4) is 5.75 Å². The maximum atomic E-state index is 11.1. The first kappa shape index (κ1) is 14.3. The molecule has 0 saturated carbocycles. The summed E-state index contributed by atoms with van der Waals surface area (Å²) < 4.78 is 10.3. The van der Waals surface area contributed by atoms with E-state index in [1.807, 2.05) is 41.8 Å². The van der Waals surface area contributed by atoms with Crippen molar-refractivity contribution >= 4 is 29.2 Å². The number of ether oxygens (including phenoxy) is 2. The molecule has 1 aromatic heterocycles. The van der Waals surface area contributed by atoms with Gasteiger partial charge in [-0.1, -0.05) is 6.07 Å². The number of benzene rings is 1. The lowest BCUT2D eigenvalue weighted by atomic mass is 10.3. The number of aliphatic imine (C=N–C) groups is 1. The smallest absolute Gasteiger partial charge is 0.303 e. The fraction of sp³-hybridized carbons (Fsp3) is 0.200. The number of carbonyl (C=O) groups excluding carboxylic acids is 1. The molecule has 20 heavy (non-hydrogen) atoms. The zero-order chi connectivity index (χ0) is 14.4. The van der Waals surface area contributed by atoms with E-state index < -0.39 is 6.10 Å². The molecule has 1 heterocycles. The molecule has 0 radical (unpaired) electrons. The Morgan fingerprint density at radius 3 is 2.60 bits per heavy atom. The molecule has 4 nitrogen and oxygen atoms in total. The zero-order valence-electron chi connectivity index (χ0n) is 11.3. The molecule has 2 aromatic rings. The Balaban J connectivity index is 2.13. The molecule has 0 saturated heterocycles. The summed E-state index contributed by atoms with van der Waals surface area (Å²) in [7, 11) is 1.62. The summed E-state index contributed by atoms with van der Waals surface area (Å²) in [5.74, 6) is 0.448. The van der Waals surface area contributed by atoms with Gasteiger partial charge in [0.25, 0.3) is 0 Å². The van der Waals surface area contributed by atoms with E-state index in [0.717, 1.165) is 16.3 Å². The molecule has 104 valence electrons. The molecule has 0 amide bonds. The van der Waals surface area contributed by atoms with Crippen molar-refractivity contribution in [1.29, 1.82) is 0 Å². The Hall–Kier alpha value is -2.14.